The molecule has 0 saturated carbocycles. The molecule has 0 amide bonds. The van der Waals surface area contributed by atoms with Crippen LogP contribution in [0.3, 0.4) is 0 Å². The van der Waals surface area contributed by atoms with E-state index in [-0.39, 0.29) is 11.6 Å². The Bertz CT molecular complexity index is 661. The van der Waals surface area contributed by atoms with Crippen molar-refractivity contribution < 1.29 is 9.13 Å². The number of rotatable bonds is 3. The Morgan fingerprint density at radius 1 is 1.20 bits per heavy atom. The van der Waals surface area contributed by atoms with Crippen molar-refractivity contribution in [3.63, 3.8) is 0 Å². The van der Waals surface area contributed by atoms with E-state index in [4.69, 9.17) is 22.1 Å². The molecular formula is C16H13ClFNO. The van der Waals surface area contributed by atoms with E-state index < -0.39 is 5.82 Å². The average Bonchev–Trinajstić information content (AvgIpc) is 2.47. The summed E-state index contributed by atoms with van der Waals surface area (Å²) in [7, 11) is 0. The number of nitrogens with two attached hydrogens (primary N) is 1. The monoisotopic (exact) mass is 289 g/mol. The molecule has 2 aromatic carbocycles. The van der Waals surface area contributed by atoms with Crippen LogP contribution in [0.2, 0.25) is 5.02 Å². The standard InChI is InChI=1S/C16H13ClFNO/c17-15-8-2-6-13(16(15)18)11-20-14-7-1-4-12(10-14)5-3-9-19/h1-2,4,6-8,10H,9,11,19H2. The Hall–Kier alpha value is -2.02. The third-order valence-corrected chi connectivity index (χ3v) is 2.89. The highest BCUT2D eigenvalue weighted by Crippen LogP contribution is 2.20. The molecule has 0 aliphatic heterocycles. The molecule has 2 N–H and O–H groups in total. The molecule has 0 unspecified atom stereocenters. The maximum absolute atomic E-state index is 13.7. The van der Waals surface area contributed by atoms with Crippen molar-refractivity contribution in [3.8, 4) is 17.6 Å². The Morgan fingerprint density at radius 3 is 2.80 bits per heavy atom. The van der Waals surface area contributed by atoms with E-state index in [1.54, 1.807) is 24.3 Å². The normalized spacial score (nSPS) is 9.75. The van der Waals surface area contributed by atoms with Gasteiger partial charge in [-0.25, -0.2) is 4.39 Å². The van der Waals surface area contributed by atoms with Crippen molar-refractivity contribution in [2.24, 2.45) is 5.73 Å². The zero-order valence-electron chi connectivity index (χ0n) is 10.7. The Balaban J connectivity index is 2.09. The number of hydrogen-bond acceptors (Lipinski definition) is 2. The van der Waals surface area contributed by atoms with Crippen molar-refractivity contribution >= 4 is 11.6 Å². The van der Waals surface area contributed by atoms with Crippen LogP contribution in [0.1, 0.15) is 11.1 Å². The van der Waals surface area contributed by atoms with Gasteiger partial charge in [0, 0.05) is 11.1 Å². The summed E-state index contributed by atoms with van der Waals surface area (Å²) in [5, 5.41) is 0.0914. The summed E-state index contributed by atoms with van der Waals surface area (Å²) in [4.78, 5) is 0. The zero-order valence-corrected chi connectivity index (χ0v) is 11.5. The summed E-state index contributed by atoms with van der Waals surface area (Å²) in [5.41, 5.74) is 6.54. The minimum absolute atomic E-state index is 0.0914. The maximum Gasteiger partial charge on any atom is 0.148 e. The highest BCUT2D eigenvalue weighted by atomic mass is 35.5. The highest BCUT2D eigenvalue weighted by molar-refractivity contribution is 6.30. The van der Waals surface area contributed by atoms with Crippen LogP contribution in [0.5, 0.6) is 5.75 Å². The van der Waals surface area contributed by atoms with Gasteiger partial charge in [-0.1, -0.05) is 41.6 Å². The molecule has 0 aromatic heterocycles. The molecule has 102 valence electrons. The molecule has 0 spiro atoms. The summed E-state index contributed by atoms with van der Waals surface area (Å²) >= 11 is 5.72. The van der Waals surface area contributed by atoms with Crippen LogP contribution in [0.25, 0.3) is 0 Å². The summed E-state index contributed by atoms with van der Waals surface area (Å²) in [6.45, 7) is 0.416. The van der Waals surface area contributed by atoms with E-state index >= 15 is 0 Å². The van der Waals surface area contributed by atoms with Gasteiger partial charge in [0.1, 0.15) is 18.2 Å². The van der Waals surface area contributed by atoms with Gasteiger partial charge in [0.15, 0.2) is 0 Å². The minimum Gasteiger partial charge on any atom is -0.489 e. The first-order chi connectivity index (χ1) is 9.70. The maximum atomic E-state index is 13.7. The molecule has 0 heterocycles. The third-order valence-electron chi connectivity index (χ3n) is 2.59. The van der Waals surface area contributed by atoms with E-state index in [0.29, 0.717) is 17.9 Å². The minimum atomic E-state index is -0.451. The highest BCUT2D eigenvalue weighted by Gasteiger charge is 2.06. The third kappa shape index (κ3) is 3.74. The second-order valence-corrected chi connectivity index (χ2v) is 4.44. The van der Waals surface area contributed by atoms with E-state index in [1.807, 2.05) is 12.1 Å². The molecule has 2 aromatic rings. The Labute approximate surface area is 122 Å². The first kappa shape index (κ1) is 14.4. The van der Waals surface area contributed by atoms with Crippen LogP contribution < -0.4 is 10.5 Å². The quantitative estimate of drug-likeness (QED) is 0.879. The zero-order chi connectivity index (χ0) is 14.4. The fourth-order valence-electron chi connectivity index (χ4n) is 1.64. The molecule has 0 atom stereocenters. The average molecular weight is 290 g/mol. The van der Waals surface area contributed by atoms with Gasteiger partial charge in [0.25, 0.3) is 0 Å². The lowest BCUT2D eigenvalue weighted by Crippen LogP contribution is -1.99. The van der Waals surface area contributed by atoms with Gasteiger partial charge < -0.3 is 10.5 Å². The van der Waals surface area contributed by atoms with Gasteiger partial charge in [-0.2, -0.15) is 0 Å². The molecule has 0 saturated heterocycles. The molecule has 4 heteroatoms. The molecular weight excluding hydrogens is 277 g/mol. The van der Waals surface area contributed by atoms with E-state index in [1.165, 1.54) is 6.07 Å². The lowest BCUT2D eigenvalue weighted by molar-refractivity contribution is 0.300. The van der Waals surface area contributed by atoms with Crippen LogP contribution >= 0.6 is 11.6 Å². The van der Waals surface area contributed by atoms with Gasteiger partial charge in [-0.15, -0.1) is 0 Å². The lowest BCUT2D eigenvalue weighted by Gasteiger charge is -2.08. The van der Waals surface area contributed by atoms with Crippen LogP contribution in [-0.2, 0) is 6.61 Å². The molecule has 2 nitrogen and oxygen atoms in total. The predicted molar refractivity (Wildman–Crippen MR) is 78.1 cm³/mol. The second kappa shape index (κ2) is 6.95. The molecule has 0 bridgehead atoms. The number of ether oxygens (including phenoxy) is 1. The SMILES string of the molecule is NCC#Cc1cccc(OCc2cccc(Cl)c2F)c1. The second-order valence-electron chi connectivity index (χ2n) is 4.04. The Kier molecular flexibility index (Phi) is 5.00. The van der Waals surface area contributed by atoms with Crippen LogP contribution in [0.4, 0.5) is 4.39 Å². The summed E-state index contributed by atoms with van der Waals surface area (Å²) in [6.07, 6.45) is 0. The fraction of sp³-hybridized carbons (Fsp3) is 0.125. The molecule has 0 fully saturated rings. The molecule has 0 aliphatic rings. The summed E-state index contributed by atoms with van der Waals surface area (Å²) in [5.74, 6) is 5.85. The van der Waals surface area contributed by atoms with Crippen LogP contribution in [0.15, 0.2) is 42.5 Å². The van der Waals surface area contributed by atoms with Crippen molar-refractivity contribution in [2.75, 3.05) is 6.54 Å². The first-order valence-electron chi connectivity index (χ1n) is 6.05. The number of benzene rings is 2. The van der Waals surface area contributed by atoms with Gasteiger partial charge >= 0.3 is 0 Å². The van der Waals surface area contributed by atoms with E-state index in [9.17, 15) is 4.39 Å². The van der Waals surface area contributed by atoms with Gasteiger partial charge in [-0.3, -0.25) is 0 Å². The summed E-state index contributed by atoms with van der Waals surface area (Å²) in [6, 6.07) is 12.1. The van der Waals surface area contributed by atoms with Gasteiger partial charge in [-0.05, 0) is 24.3 Å². The lowest BCUT2D eigenvalue weighted by atomic mass is 10.2. The van der Waals surface area contributed by atoms with Crippen molar-refractivity contribution in [1.29, 1.82) is 0 Å². The van der Waals surface area contributed by atoms with Crippen molar-refractivity contribution in [2.45, 2.75) is 6.61 Å². The van der Waals surface area contributed by atoms with Crippen LogP contribution in [0, 0.1) is 17.7 Å². The van der Waals surface area contributed by atoms with Crippen molar-refractivity contribution in [3.05, 3.63) is 64.4 Å². The fourth-order valence-corrected chi connectivity index (χ4v) is 1.83. The molecule has 2 rings (SSSR count). The van der Waals surface area contributed by atoms with Crippen LogP contribution in [-0.4, -0.2) is 6.54 Å². The largest absolute Gasteiger partial charge is 0.489 e. The molecule has 0 aliphatic carbocycles. The van der Waals surface area contributed by atoms with Crippen molar-refractivity contribution in [1.82, 2.24) is 0 Å². The number of halogens is 2. The van der Waals surface area contributed by atoms with E-state index in [0.717, 1.165) is 5.56 Å². The Morgan fingerprint density at radius 2 is 2.00 bits per heavy atom. The molecule has 0 radical (unpaired) electrons. The van der Waals surface area contributed by atoms with E-state index in [2.05, 4.69) is 11.8 Å². The van der Waals surface area contributed by atoms with Gasteiger partial charge in [0.05, 0.1) is 11.6 Å². The summed E-state index contributed by atoms with van der Waals surface area (Å²) < 4.78 is 19.3. The van der Waals surface area contributed by atoms with Gasteiger partial charge in [0.2, 0.25) is 0 Å². The number of hydrogen-bond donors (Lipinski definition) is 1. The molecule has 20 heavy (non-hydrogen) atoms. The topological polar surface area (TPSA) is 35.2 Å². The smallest absolute Gasteiger partial charge is 0.148 e. The predicted octanol–water partition coefficient (Wildman–Crippen LogP) is 3.37. The first-order valence-corrected chi connectivity index (χ1v) is 6.43.